The molecule has 0 aromatic heterocycles. The molecule has 22 heavy (non-hydrogen) atoms. The molecule has 3 aliphatic heterocycles. The van der Waals surface area contributed by atoms with Crippen LogP contribution in [0.1, 0.15) is 40.0 Å². The molecule has 6 atom stereocenters. The number of nitrogens with zero attached hydrogens (tertiary/aromatic N) is 1. The van der Waals surface area contributed by atoms with Crippen LogP contribution in [0, 0.1) is 5.92 Å². The van der Waals surface area contributed by atoms with Gasteiger partial charge in [0.15, 0.2) is 0 Å². The summed E-state index contributed by atoms with van der Waals surface area (Å²) in [5.41, 5.74) is 0. The molecule has 0 aromatic rings. The standard InChI is InChI=1S/C16H27NO5/c1-6-10-9-17-11(7-8-12(17)18)14-13(10)21-15(2,19-4)16(3,20-5)22-14/h10-11,13-14H,6-9H2,1-5H3/t10-,11-,13-,14-,15+,16+/m0/s1. The summed E-state index contributed by atoms with van der Waals surface area (Å²) >= 11 is 0. The molecule has 3 saturated heterocycles. The van der Waals surface area contributed by atoms with Crippen LogP contribution >= 0.6 is 0 Å². The second-order valence-corrected chi connectivity index (χ2v) is 6.79. The van der Waals surface area contributed by atoms with Gasteiger partial charge in [-0.1, -0.05) is 6.92 Å². The zero-order chi connectivity index (χ0) is 16.1. The first-order valence-electron chi connectivity index (χ1n) is 8.14. The molecule has 0 spiro atoms. The third-order valence-electron chi connectivity index (χ3n) is 5.82. The van der Waals surface area contributed by atoms with Crippen molar-refractivity contribution in [1.29, 1.82) is 0 Å². The molecule has 126 valence electrons. The second kappa shape index (κ2) is 5.44. The van der Waals surface area contributed by atoms with Gasteiger partial charge in [-0.2, -0.15) is 0 Å². The summed E-state index contributed by atoms with van der Waals surface area (Å²) in [4.78, 5) is 14.1. The largest absolute Gasteiger partial charge is 0.349 e. The van der Waals surface area contributed by atoms with Crippen molar-refractivity contribution >= 4 is 5.91 Å². The van der Waals surface area contributed by atoms with Crippen LogP contribution in [-0.2, 0) is 23.7 Å². The van der Waals surface area contributed by atoms with Crippen LogP contribution in [0.4, 0.5) is 0 Å². The minimum Gasteiger partial charge on any atom is -0.349 e. The predicted molar refractivity (Wildman–Crippen MR) is 79.1 cm³/mol. The summed E-state index contributed by atoms with van der Waals surface area (Å²) < 4.78 is 23.9. The van der Waals surface area contributed by atoms with Crippen molar-refractivity contribution in [2.75, 3.05) is 20.8 Å². The van der Waals surface area contributed by atoms with Crippen molar-refractivity contribution in [3.8, 4) is 0 Å². The third-order valence-corrected chi connectivity index (χ3v) is 5.82. The summed E-state index contributed by atoms with van der Waals surface area (Å²) in [6, 6.07) is 0.0798. The van der Waals surface area contributed by atoms with E-state index in [-0.39, 0.29) is 30.1 Å². The minimum atomic E-state index is -1.00. The molecule has 0 saturated carbocycles. The van der Waals surface area contributed by atoms with Crippen molar-refractivity contribution in [2.24, 2.45) is 5.92 Å². The number of hydrogen-bond acceptors (Lipinski definition) is 5. The van der Waals surface area contributed by atoms with Gasteiger partial charge in [-0.15, -0.1) is 0 Å². The fourth-order valence-electron chi connectivity index (χ4n) is 4.05. The van der Waals surface area contributed by atoms with Crippen LogP contribution in [-0.4, -0.2) is 61.4 Å². The van der Waals surface area contributed by atoms with Crippen LogP contribution in [0.15, 0.2) is 0 Å². The van der Waals surface area contributed by atoms with Crippen LogP contribution in [0.25, 0.3) is 0 Å². The SMILES string of the molecule is CC[C@H]1CN2C(=O)CC[C@H]2[C@@H]2O[C@@](C)(OC)[C@](C)(OC)O[C@@H]12. The highest BCUT2D eigenvalue weighted by Crippen LogP contribution is 2.46. The molecule has 3 fully saturated rings. The Hall–Kier alpha value is -0.690. The Morgan fingerprint density at radius 1 is 1.18 bits per heavy atom. The summed E-state index contributed by atoms with van der Waals surface area (Å²) in [5, 5.41) is 0. The van der Waals surface area contributed by atoms with Gasteiger partial charge in [0.1, 0.15) is 6.10 Å². The molecule has 0 aliphatic carbocycles. The normalized spacial score (nSPS) is 48.2. The van der Waals surface area contributed by atoms with Gasteiger partial charge in [0, 0.05) is 33.1 Å². The monoisotopic (exact) mass is 313 g/mol. The number of piperidine rings is 1. The number of fused-ring (bicyclic) bond motifs is 3. The highest BCUT2D eigenvalue weighted by Gasteiger charge is 2.62. The average molecular weight is 313 g/mol. The summed E-state index contributed by atoms with van der Waals surface area (Å²) in [6.07, 6.45) is 2.11. The van der Waals surface area contributed by atoms with Gasteiger partial charge in [0.05, 0.1) is 12.1 Å². The van der Waals surface area contributed by atoms with E-state index in [4.69, 9.17) is 18.9 Å². The van der Waals surface area contributed by atoms with Gasteiger partial charge in [-0.25, -0.2) is 0 Å². The predicted octanol–water partition coefficient (Wildman–Crippen LogP) is 1.53. The minimum absolute atomic E-state index is 0.0784. The van der Waals surface area contributed by atoms with Gasteiger partial charge in [0.2, 0.25) is 17.5 Å². The average Bonchev–Trinajstić information content (AvgIpc) is 2.89. The molecule has 3 heterocycles. The Morgan fingerprint density at radius 2 is 1.77 bits per heavy atom. The lowest BCUT2D eigenvalue weighted by Gasteiger charge is -2.57. The zero-order valence-corrected chi connectivity index (χ0v) is 14.1. The third kappa shape index (κ3) is 2.12. The number of amides is 1. The van der Waals surface area contributed by atoms with Crippen LogP contribution in [0.2, 0.25) is 0 Å². The maximum Gasteiger partial charge on any atom is 0.222 e. The number of ether oxygens (including phenoxy) is 4. The summed E-state index contributed by atoms with van der Waals surface area (Å²) in [7, 11) is 3.20. The molecule has 3 rings (SSSR count). The molecule has 0 unspecified atom stereocenters. The van der Waals surface area contributed by atoms with E-state index in [1.165, 1.54) is 0 Å². The van der Waals surface area contributed by atoms with Crippen molar-refractivity contribution in [1.82, 2.24) is 4.90 Å². The second-order valence-electron chi connectivity index (χ2n) is 6.79. The van der Waals surface area contributed by atoms with E-state index in [0.29, 0.717) is 6.42 Å². The van der Waals surface area contributed by atoms with Gasteiger partial charge < -0.3 is 23.8 Å². The molecule has 1 amide bonds. The van der Waals surface area contributed by atoms with E-state index < -0.39 is 11.6 Å². The van der Waals surface area contributed by atoms with E-state index in [1.807, 2.05) is 18.7 Å². The highest BCUT2D eigenvalue weighted by molar-refractivity contribution is 5.79. The number of carbonyl (C=O) groups is 1. The molecule has 0 aromatic carbocycles. The number of hydrogen-bond donors (Lipinski definition) is 0. The first-order valence-corrected chi connectivity index (χ1v) is 8.14. The first kappa shape index (κ1) is 16.2. The van der Waals surface area contributed by atoms with E-state index >= 15 is 0 Å². The number of methoxy groups -OCH3 is 2. The quantitative estimate of drug-likeness (QED) is 0.791. The van der Waals surface area contributed by atoms with Gasteiger partial charge >= 0.3 is 0 Å². The topological polar surface area (TPSA) is 57.2 Å². The molecule has 0 radical (unpaired) electrons. The maximum absolute atomic E-state index is 12.1. The molecular formula is C16H27NO5. The smallest absolute Gasteiger partial charge is 0.222 e. The fraction of sp³-hybridized carbons (Fsp3) is 0.938. The zero-order valence-electron chi connectivity index (χ0n) is 14.1. The molecule has 0 N–H and O–H groups in total. The van der Waals surface area contributed by atoms with E-state index in [1.54, 1.807) is 14.2 Å². The van der Waals surface area contributed by atoms with Gasteiger partial charge in [0.25, 0.3) is 0 Å². The van der Waals surface area contributed by atoms with Crippen molar-refractivity contribution in [3.05, 3.63) is 0 Å². The Kier molecular flexibility index (Phi) is 4.00. The molecule has 0 bridgehead atoms. The number of carbonyl (C=O) groups excluding carboxylic acids is 1. The maximum atomic E-state index is 12.1. The molecule has 3 aliphatic rings. The molecule has 6 heteroatoms. The highest BCUT2D eigenvalue weighted by atomic mass is 16.8. The van der Waals surface area contributed by atoms with Crippen molar-refractivity contribution < 1.29 is 23.7 Å². The van der Waals surface area contributed by atoms with Gasteiger partial charge in [-0.3, -0.25) is 4.79 Å². The summed E-state index contributed by atoms with van der Waals surface area (Å²) in [6.45, 7) is 6.56. The lowest BCUT2D eigenvalue weighted by atomic mass is 9.83. The first-order chi connectivity index (χ1) is 10.4. The van der Waals surface area contributed by atoms with Crippen molar-refractivity contribution in [2.45, 2.75) is 69.9 Å². The lowest BCUT2D eigenvalue weighted by Crippen LogP contribution is -2.72. The molecule has 6 nitrogen and oxygen atoms in total. The summed E-state index contributed by atoms with van der Waals surface area (Å²) in [5.74, 6) is -1.50. The Balaban J connectivity index is 1.95. The lowest BCUT2D eigenvalue weighted by molar-refractivity contribution is -0.459. The molecular weight excluding hydrogens is 286 g/mol. The van der Waals surface area contributed by atoms with Crippen molar-refractivity contribution in [3.63, 3.8) is 0 Å². The van der Waals surface area contributed by atoms with E-state index in [0.717, 1.165) is 19.4 Å². The van der Waals surface area contributed by atoms with E-state index in [9.17, 15) is 4.79 Å². The Bertz CT molecular complexity index is 458. The van der Waals surface area contributed by atoms with E-state index in [2.05, 4.69) is 6.92 Å². The Labute approximate surface area is 132 Å². The van der Waals surface area contributed by atoms with Crippen LogP contribution in [0.3, 0.4) is 0 Å². The van der Waals surface area contributed by atoms with Gasteiger partial charge in [-0.05, 0) is 26.7 Å². The fourth-order valence-corrected chi connectivity index (χ4v) is 4.05. The number of rotatable bonds is 3. The Morgan fingerprint density at radius 3 is 2.32 bits per heavy atom. The van der Waals surface area contributed by atoms with Crippen LogP contribution < -0.4 is 0 Å². The van der Waals surface area contributed by atoms with Crippen LogP contribution in [0.5, 0.6) is 0 Å².